The van der Waals surface area contributed by atoms with Crippen molar-refractivity contribution in [3.05, 3.63) is 83.0 Å². The maximum atomic E-state index is 14.6. The highest BCUT2D eigenvalue weighted by molar-refractivity contribution is 7.97. The zero-order valence-corrected chi connectivity index (χ0v) is 18.0. The van der Waals surface area contributed by atoms with Crippen LogP contribution in [0.1, 0.15) is 39.0 Å². The number of sulfone groups is 1. The number of rotatable bonds is 6. The summed E-state index contributed by atoms with van der Waals surface area (Å²) in [4.78, 5) is 0.241. The Kier molecular flexibility index (Phi) is 6.42. The predicted molar refractivity (Wildman–Crippen MR) is 118 cm³/mol. The summed E-state index contributed by atoms with van der Waals surface area (Å²) in [5.41, 5.74) is 0.894. The Bertz CT molecular complexity index is 971. The fourth-order valence-corrected chi connectivity index (χ4v) is 8.48. The minimum atomic E-state index is -3.55. The van der Waals surface area contributed by atoms with Crippen LogP contribution in [0.15, 0.2) is 83.0 Å². The molecule has 0 radical (unpaired) electrons. The molecule has 3 nitrogen and oxygen atoms in total. The first-order valence-electron chi connectivity index (χ1n) is 9.77. The van der Waals surface area contributed by atoms with Gasteiger partial charge in [-0.3, -0.25) is 0 Å². The quantitative estimate of drug-likeness (QED) is 0.613. The third-order valence-electron chi connectivity index (χ3n) is 5.35. The van der Waals surface area contributed by atoms with Crippen molar-refractivity contribution in [2.75, 3.05) is 5.75 Å². The van der Waals surface area contributed by atoms with E-state index >= 15 is 0 Å². The van der Waals surface area contributed by atoms with Crippen LogP contribution in [0.4, 0.5) is 0 Å². The van der Waals surface area contributed by atoms with Crippen molar-refractivity contribution < 1.29 is 13.0 Å². The largest absolute Gasteiger partial charge is 0.309 e. The van der Waals surface area contributed by atoms with Crippen molar-refractivity contribution in [1.29, 1.82) is 0 Å². The number of hydrogen-bond donors (Lipinski definition) is 0. The van der Waals surface area contributed by atoms with Crippen molar-refractivity contribution in [3.8, 4) is 0 Å². The predicted octanol–water partition coefficient (Wildman–Crippen LogP) is 5.17. The highest BCUT2D eigenvalue weighted by Gasteiger charge is 2.37. The Morgan fingerprint density at radius 3 is 1.79 bits per heavy atom. The third-order valence-corrected chi connectivity index (χ3v) is 10.5. The lowest BCUT2D eigenvalue weighted by Gasteiger charge is -2.27. The normalized spacial score (nSPS) is 15.2. The van der Waals surface area contributed by atoms with Crippen molar-refractivity contribution >= 4 is 27.6 Å². The third kappa shape index (κ3) is 3.94. The van der Waals surface area contributed by atoms with Gasteiger partial charge in [0.1, 0.15) is 0 Å². The molecule has 0 heterocycles. The molecule has 1 aliphatic carbocycles. The van der Waals surface area contributed by atoms with E-state index in [1.54, 1.807) is 31.2 Å². The second-order valence-electron chi connectivity index (χ2n) is 7.12. The van der Waals surface area contributed by atoms with E-state index in [1.165, 1.54) is 0 Å². The molecule has 5 heteroatoms. The lowest BCUT2D eigenvalue weighted by atomic mass is 9.94. The first-order valence-corrected chi connectivity index (χ1v) is 13.1. The molecule has 0 bridgehead atoms. The average Bonchev–Trinajstić information content (AvgIpc) is 2.75. The topological polar surface area (TPSA) is 51.2 Å². The first-order chi connectivity index (χ1) is 13.4. The van der Waals surface area contributed by atoms with Gasteiger partial charge in [0.05, 0.1) is 10.7 Å². The van der Waals surface area contributed by atoms with E-state index in [0.717, 1.165) is 37.7 Å². The van der Waals surface area contributed by atoms with Gasteiger partial charge < -0.3 is 4.57 Å². The molecule has 0 amide bonds. The van der Waals surface area contributed by atoms with Gasteiger partial charge in [0.25, 0.3) is 0 Å². The van der Waals surface area contributed by atoms with Crippen LogP contribution >= 0.6 is 7.14 Å². The molecule has 1 saturated carbocycles. The van der Waals surface area contributed by atoms with Gasteiger partial charge in [-0.1, -0.05) is 86.2 Å². The highest BCUT2D eigenvalue weighted by atomic mass is 32.2. The second kappa shape index (κ2) is 8.63. The zero-order valence-electron chi connectivity index (χ0n) is 16.3. The minimum absolute atomic E-state index is 0.0194. The lowest BCUT2D eigenvalue weighted by molar-refractivity contribution is 0.583. The second-order valence-corrected chi connectivity index (χ2v) is 12.1. The van der Waals surface area contributed by atoms with Crippen molar-refractivity contribution in [2.45, 2.75) is 39.0 Å². The van der Waals surface area contributed by atoms with Crippen LogP contribution < -0.4 is 10.6 Å². The first kappa shape index (κ1) is 20.8. The maximum Gasteiger partial charge on any atom is 0.178 e. The van der Waals surface area contributed by atoms with Gasteiger partial charge in [0.15, 0.2) is 17.0 Å². The average molecular weight is 415 g/mol. The number of allylic oxidation sites excluding steroid dienone is 2. The molecule has 3 rings (SSSR count). The van der Waals surface area contributed by atoms with E-state index < -0.39 is 17.0 Å². The Morgan fingerprint density at radius 2 is 1.36 bits per heavy atom. The molecule has 1 aliphatic rings. The van der Waals surface area contributed by atoms with Gasteiger partial charge in [-0.2, -0.15) is 0 Å². The van der Waals surface area contributed by atoms with Gasteiger partial charge in [0, 0.05) is 15.9 Å². The lowest BCUT2D eigenvalue weighted by Crippen LogP contribution is -2.22. The summed E-state index contributed by atoms with van der Waals surface area (Å²) >= 11 is 0. The molecule has 28 heavy (non-hydrogen) atoms. The fraction of sp³-hybridized carbons (Fsp3) is 0.304. The Hall–Kier alpha value is -1.90. The molecule has 0 aliphatic heterocycles. The summed E-state index contributed by atoms with van der Waals surface area (Å²) in [6.45, 7) is 5.81. The van der Waals surface area contributed by atoms with E-state index in [2.05, 4.69) is 6.58 Å². The highest BCUT2D eigenvalue weighted by Crippen LogP contribution is 2.56. The van der Waals surface area contributed by atoms with Gasteiger partial charge in [-0.15, -0.1) is 0 Å². The maximum absolute atomic E-state index is 14.6. The van der Waals surface area contributed by atoms with E-state index in [9.17, 15) is 13.0 Å². The van der Waals surface area contributed by atoms with Crippen molar-refractivity contribution in [2.24, 2.45) is 0 Å². The molecular formula is C23H27O3PS. The summed E-state index contributed by atoms with van der Waals surface area (Å²) in [6.07, 6.45) is 4.50. The Balaban J connectivity index is 2.27. The zero-order chi connectivity index (χ0) is 20.2. The molecule has 1 fully saturated rings. The van der Waals surface area contributed by atoms with Crippen LogP contribution in [0, 0.1) is 0 Å². The monoisotopic (exact) mass is 414 g/mol. The van der Waals surface area contributed by atoms with Crippen LogP contribution in [0.2, 0.25) is 0 Å². The van der Waals surface area contributed by atoms with Crippen LogP contribution in [0.5, 0.6) is 0 Å². The number of benzene rings is 2. The number of hydrogen-bond acceptors (Lipinski definition) is 3. The minimum Gasteiger partial charge on any atom is -0.309 e. The molecule has 0 atom stereocenters. The molecule has 0 N–H and O–H groups in total. The summed E-state index contributed by atoms with van der Waals surface area (Å²) in [7, 11) is -6.93. The summed E-state index contributed by atoms with van der Waals surface area (Å²) in [5, 5.41) is 1.49. The fourth-order valence-electron chi connectivity index (χ4n) is 3.83. The van der Waals surface area contributed by atoms with Crippen LogP contribution in [-0.2, 0) is 14.4 Å². The standard InChI is InChI=1S/C23H27O3PS/c1-3-28(25,26)23(20-13-7-4-8-14-20)19(2)27(24,21-15-9-5-10-16-21)22-17-11-6-12-18-22/h5-6,9-12,15-18H,2-4,7-8,13-14H2,1H3. The van der Waals surface area contributed by atoms with Gasteiger partial charge in [-0.05, 0) is 25.7 Å². The van der Waals surface area contributed by atoms with E-state index in [1.807, 2.05) is 36.4 Å². The van der Waals surface area contributed by atoms with Gasteiger partial charge in [-0.25, -0.2) is 8.42 Å². The van der Waals surface area contributed by atoms with Crippen LogP contribution in [0.25, 0.3) is 0 Å². The molecule has 2 aromatic rings. The van der Waals surface area contributed by atoms with Crippen LogP contribution in [-0.4, -0.2) is 14.2 Å². The molecule has 0 saturated heterocycles. The molecule has 148 valence electrons. The molecule has 0 aromatic heterocycles. The van der Waals surface area contributed by atoms with E-state index in [4.69, 9.17) is 0 Å². The Morgan fingerprint density at radius 1 is 0.893 bits per heavy atom. The smallest absolute Gasteiger partial charge is 0.178 e. The van der Waals surface area contributed by atoms with Crippen molar-refractivity contribution in [3.63, 3.8) is 0 Å². The summed E-state index contributed by atoms with van der Waals surface area (Å²) in [5.74, 6) is -0.0194. The molecular weight excluding hydrogens is 387 g/mol. The van der Waals surface area contributed by atoms with Gasteiger partial charge >= 0.3 is 0 Å². The SMILES string of the molecule is C=C(C(=C1CCCCC1)S(=O)(=O)CC)P(=O)(c1ccccc1)c1ccccc1. The summed E-state index contributed by atoms with van der Waals surface area (Å²) in [6, 6.07) is 18.3. The molecule has 2 aromatic carbocycles. The van der Waals surface area contributed by atoms with Crippen LogP contribution in [0.3, 0.4) is 0 Å². The van der Waals surface area contributed by atoms with E-state index in [-0.39, 0.29) is 16.0 Å². The summed E-state index contributed by atoms with van der Waals surface area (Å²) < 4.78 is 40.8. The van der Waals surface area contributed by atoms with E-state index in [0.29, 0.717) is 10.6 Å². The molecule has 0 unspecified atom stereocenters. The Labute approximate surface area is 168 Å². The van der Waals surface area contributed by atoms with Crippen molar-refractivity contribution in [1.82, 2.24) is 0 Å². The molecule has 0 spiro atoms. The van der Waals surface area contributed by atoms with Gasteiger partial charge in [0.2, 0.25) is 0 Å².